The van der Waals surface area contributed by atoms with E-state index in [9.17, 15) is 0 Å². The molecule has 0 aliphatic heterocycles. The number of pyridine rings is 1. The number of aryl methyl sites for hydroxylation is 2. The highest BCUT2D eigenvalue weighted by atomic mass is 35.5. The maximum absolute atomic E-state index is 6.14. The molecular weight excluding hydrogens is 295 g/mol. The van der Waals surface area contributed by atoms with Crippen LogP contribution in [0.15, 0.2) is 12.1 Å². The summed E-state index contributed by atoms with van der Waals surface area (Å²) in [4.78, 5) is 11.8. The first kappa shape index (κ1) is 15.1. The number of rotatable bonds is 6. The van der Waals surface area contributed by atoms with Gasteiger partial charge in [0.2, 0.25) is 0 Å². The maximum Gasteiger partial charge on any atom is 0.152 e. The molecule has 0 spiro atoms. The normalized spacial score (nSPS) is 10.8. The summed E-state index contributed by atoms with van der Waals surface area (Å²) in [6.07, 6.45) is 3.18. The van der Waals surface area contributed by atoms with Crippen molar-refractivity contribution in [2.45, 2.75) is 39.7 Å². The summed E-state index contributed by atoms with van der Waals surface area (Å²) in [5.74, 6) is 0.944. The van der Waals surface area contributed by atoms with Crippen LogP contribution in [0.4, 0.5) is 5.69 Å². The Morgan fingerprint density at radius 2 is 2.05 bits per heavy atom. The van der Waals surface area contributed by atoms with Crippen LogP contribution in [0.2, 0.25) is 10.3 Å². The van der Waals surface area contributed by atoms with Gasteiger partial charge in [-0.3, -0.25) is 0 Å². The average Bonchev–Trinajstić information content (AvgIpc) is 2.76. The van der Waals surface area contributed by atoms with Crippen molar-refractivity contribution in [3.8, 4) is 0 Å². The van der Waals surface area contributed by atoms with Gasteiger partial charge in [0.05, 0.1) is 23.6 Å². The second kappa shape index (κ2) is 6.95. The molecule has 2 N–H and O–H groups in total. The molecule has 0 aliphatic rings. The van der Waals surface area contributed by atoms with Crippen molar-refractivity contribution in [2.24, 2.45) is 0 Å². The Morgan fingerprint density at radius 1 is 1.25 bits per heavy atom. The van der Waals surface area contributed by atoms with Crippen LogP contribution in [0.5, 0.6) is 0 Å². The van der Waals surface area contributed by atoms with E-state index >= 15 is 0 Å². The number of hydrogen-bond acceptors (Lipinski definition) is 3. The Kier molecular flexibility index (Phi) is 5.26. The van der Waals surface area contributed by atoms with Gasteiger partial charge >= 0.3 is 0 Å². The van der Waals surface area contributed by atoms with Gasteiger partial charge in [-0.05, 0) is 25.5 Å². The Morgan fingerprint density at radius 3 is 2.75 bits per heavy atom. The Hall–Kier alpha value is -1.26. The summed E-state index contributed by atoms with van der Waals surface area (Å²) in [6, 6.07) is 3.67. The van der Waals surface area contributed by atoms with Crippen molar-refractivity contribution in [3.05, 3.63) is 39.7 Å². The molecule has 2 aromatic rings. The van der Waals surface area contributed by atoms with Gasteiger partial charge < -0.3 is 10.3 Å². The topological polar surface area (TPSA) is 53.6 Å². The van der Waals surface area contributed by atoms with Crippen LogP contribution in [-0.4, -0.2) is 15.0 Å². The molecule has 2 rings (SSSR count). The maximum atomic E-state index is 6.14. The molecule has 0 amide bonds. The summed E-state index contributed by atoms with van der Waals surface area (Å²) in [6.45, 7) is 4.65. The van der Waals surface area contributed by atoms with E-state index in [1.165, 1.54) is 0 Å². The molecule has 6 heteroatoms. The predicted octanol–water partition coefficient (Wildman–Crippen LogP) is 4.37. The lowest BCUT2D eigenvalue weighted by molar-refractivity contribution is 0.760. The summed E-state index contributed by atoms with van der Waals surface area (Å²) < 4.78 is 0. The minimum absolute atomic E-state index is 0.495. The standard InChI is InChI=1S/C14H18Cl2N4/c1-3-4-5-13-19-11(14(16)20-13)8-17-10-6-7-12(15)18-9(10)2/h6-7,17H,3-5,8H2,1-2H3,(H,19,20). The zero-order valence-corrected chi connectivity index (χ0v) is 13.1. The van der Waals surface area contributed by atoms with Crippen LogP contribution in [0.1, 0.15) is 37.0 Å². The number of nitrogens with zero attached hydrogens (tertiary/aromatic N) is 2. The van der Waals surface area contributed by atoms with E-state index < -0.39 is 0 Å². The summed E-state index contributed by atoms with van der Waals surface area (Å²) in [5.41, 5.74) is 2.70. The number of anilines is 1. The van der Waals surface area contributed by atoms with Crippen molar-refractivity contribution in [1.29, 1.82) is 0 Å². The lowest BCUT2D eigenvalue weighted by Gasteiger charge is -2.08. The number of hydrogen-bond donors (Lipinski definition) is 2. The summed E-state index contributed by atoms with van der Waals surface area (Å²) >= 11 is 12.0. The highest BCUT2D eigenvalue weighted by Crippen LogP contribution is 2.19. The molecular formula is C14H18Cl2N4. The van der Waals surface area contributed by atoms with Crippen molar-refractivity contribution >= 4 is 28.9 Å². The third-order valence-corrected chi connectivity index (χ3v) is 3.58. The zero-order chi connectivity index (χ0) is 14.5. The molecule has 2 aromatic heterocycles. The molecule has 0 unspecified atom stereocenters. The molecule has 0 bridgehead atoms. The van der Waals surface area contributed by atoms with Crippen molar-refractivity contribution in [3.63, 3.8) is 0 Å². The largest absolute Gasteiger partial charge is 0.378 e. The highest BCUT2D eigenvalue weighted by molar-refractivity contribution is 6.30. The molecule has 0 aliphatic carbocycles. The number of aromatic amines is 1. The molecule has 0 aromatic carbocycles. The van der Waals surface area contributed by atoms with Gasteiger partial charge in [0.15, 0.2) is 5.15 Å². The van der Waals surface area contributed by atoms with E-state index in [0.29, 0.717) is 16.9 Å². The molecule has 0 atom stereocenters. The fourth-order valence-corrected chi connectivity index (χ4v) is 2.33. The zero-order valence-electron chi connectivity index (χ0n) is 11.6. The fraction of sp³-hybridized carbons (Fsp3) is 0.429. The van der Waals surface area contributed by atoms with E-state index in [0.717, 1.165) is 42.2 Å². The lowest BCUT2D eigenvalue weighted by Crippen LogP contribution is -2.03. The first-order valence-corrected chi connectivity index (χ1v) is 7.46. The Labute approximate surface area is 128 Å². The van der Waals surface area contributed by atoms with Gasteiger partial charge in [-0.25, -0.2) is 9.97 Å². The molecule has 0 radical (unpaired) electrons. The number of nitrogens with one attached hydrogen (secondary N) is 2. The van der Waals surface area contributed by atoms with Crippen LogP contribution >= 0.6 is 23.2 Å². The van der Waals surface area contributed by atoms with Crippen LogP contribution in [-0.2, 0) is 13.0 Å². The van der Waals surface area contributed by atoms with Gasteiger partial charge in [-0.1, -0.05) is 36.5 Å². The average molecular weight is 313 g/mol. The number of imidazole rings is 1. The molecule has 2 heterocycles. The minimum atomic E-state index is 0.495. The third kappa shape index (κ3) is 3.87. The van der Waals surface area contributed by atoms with E-state index in [-0.39, 0.29) is 0 Å². The molecule has 0 saturated heterocycles. The smallest absolute Gasteiger partial charge is 0.152 e. The molecule has 0 fully saturated rings. The highest BCUT2D eigenvalue weighted by Gasteiger charge is 2.08. The van der Waals surface area contributed by atoms with E-state index in [4.69, 9.17) is 23.2 Å². The van der Waals surface area contributed by atoms with E-state index in [2.05, 4.69) is 27.2 Å². The summed E-state index contributed by atoms with van der Waals surface area (Å²) in [5, 5.41) is 4.32. The summed E-state index contributed by atoms with van der Waals surface area (Å²) in [7, 11) is 0. The molecule has 4 nitrogen and oxygen atoms in total. The van der Waals surface area contributed by atoms with E-state index in [1.807, 2.05) is 13.0 Å². The van der Waals surface area contributed by atoms with Gasteiger partial charge in [0.1, 0.15) is 11.0 Å². The quantitative estimate of drug-likeness (QED) is 0.778. The van der Waals surface area contributed by atoms with Crippen molar-refractivity contribution in [1.82, 2.24) is 15.0 Å². The molecule has 0 saturated carbocycles. The van der Waals surface area contributed by atoms with Crippen LogP contribution in [0.25, 0.3) is 0 Å². The Balaban J connectivity index is 2.01. The number of H-pyrrole nitrogens is 1. The van der Waals surface area contributed by atoms with Gasteiger partial charge in [0.25, 0.3) is 0 Å². The van der Waals surface area contributed by atoms with Gasteiger partial charge in [-0.2, -0.15) is 0 Å². The third-order valence-electron chi connectivity index (χ3n) is 3.05. The fourth-order valence-electron chi connectivity index (χ4n) is 1.92. The lowest BCUT2D eigenvalue weighted by atomic mass is 10.2. The molecule has 108 valence electrons. The van der Waals surface area contributed by atoms with Gasteiger partial charge in [-0.15, -0.1) is 0 Å². The van der Waals surface area contributed by atoms with Crippen molar-refractivity contribution < 1.29 is 0 Å². The van der Waals surface area contributed by atoms with Crippen LogP contribution < -0.4 is 5.32 Å². The number of aromatic nitrogens is 3. The number of unbranched alkanes of at least 4 members (excludes halogenated alkanes) is 1. The minimum Gasteiger partial charge on any atom is -0.378 e. The van der Waals surface area contributed by atoms with Gasteiger partial charge in [0, 0.05) is 6.42 Å². The predicted molar refractivity (Wildman–Crippen MR) is 83.5 cm³/mol. The second-order valence-electron chi connectivity index (χ2n) is 4.68. The first-order valence-electron chi connectivity index (χ1n) is 6.70. The first-order chi connectivity index (χ1) is 9.60. The number of halogens is 2. The second-order valence-corrected chi connectivity index (χ2v) is 5.42. The Bertz CT molecular complexity index is 581. The monoisotopic (exact) mass is 312 g/mol. The van der Waals surface area contributed by atoms with Crippen LogP contribution in [0, 0.1) is 6.92 Å². The van der Waals surface area contributed by atoms with Crippen molar-refractivity contribution in [2.75, 3.05) is 5.32 Å². The molecule has 20 heavy (non-hydrogen) atoms. The van der Waals surface area contributed by atoms with Crippen LogP contribution in [0.3, 0.4) is 0 Å². The SMILES string of the molecule is CCCCc1nc(Cl)c(CNc2ccc(Cl)nc2C)[nH]1. The van der Waals surface area contributed by atoms with E-state index in [1.54, 1.807) is 6.07 Å².